The van der Waals surface area contributed by atoms with Crippen LogP contribution in [0.2, 0.25) is 0 Å². The van der Waals surface area contributed by atoms with Gasteiger partial charge >= 0.3 is 0 Å². The summed E-state index contributed by atoms with van der Waals surface area (Å²) in [5.41, 5.74) is 6.77. The molecule has 0 amide bonds. The number of rotatable bonds is 2. The van der Waals surface area contributed by atoms with E-state index in [0.717, 1.165) is 5.56 Å². The lowest BCUT2D eigenvalue weighted by Gasteiger charge is -2.09. The summed E-state index contributed by atoms with van der Waals surface area (Å²) >= 11 is 3.27. The van der Waals surface area contributed by atoms with Crippen LogP contribution in [0.15, 0.2) is 28.9 Å². The number of nitrogens with one attached hydrogen (secondary N) is 1. The fourth-order valence-corrected chi connectivity index (χ4v) is 1.62. The van der Waals surface area contributed by atoms with Crippen LogP contribution in [0.4, 0.5) is 21.8 Å². The van der Waals surface area contributed by atoms with Gasteiger partial charge in [0.25, 0.3) is 0 Å². The minimum absolute atomic E-state index is 0.128. The standard InChI is InChI=1S/C11H10BrFN4/c1-6-2-3-8(13)9(4-6)16-10-7(12)5-15-11(14)17-10/h2-5H,1H3,(H3,14,15,16,17). The maximum atomic E-state index is 13.5. The topological polar surface area (TPSA) is 63.8 Å². The zero-order chi connectivity index (χ0) is 12.4. The van der Waals surface area contributed by atoms with Crippen molar-refractivity contribution in [2.45, 2.75) is 6.92 Å². The van der Waals surface area contributed by atoms with Gasteiger partial charge in [0.2, 0.25) is 5.95 Å². The average Bonchev–Trinajstić information content (AvgIpc) is 2.28. The van der Waals surface area contributed by atoms with Crippen LogP contribution in [0.5, 0.6) is 0 Å². The molecule has 88 valence electrons. The van der Waals surface area contributed by atoms with Crippen LogP contribution in [-0.4, -0.2) is 9.97 Å². The molecule has 1 heterocycles. The fourth-order valence-electron chi connectivity index (χ4n) is 1.33. The van der Waals surface area contributed by atoms with E-state index >= 15 is 0 Å². The van der Waals surface area contributed by atoms with Crippen molar-refractivity contribution in [2.24, 2.45) is 0 Å². The van der Waals surface area contributed by atoms with E-state index in [9.17, 15) is 4.39 Å². The van der Waals surface area contributed by atoms with Crippen LogP contribution in [0.25, 0.3) is 0 Å². The highest BCUT2D eigenvalue weighted by molar-refractivity contribution is 9.10. The van der Waals surface area contributed by atoms with Crippen molar-refractivity contribution < 1.29 is 4.39 Å². The van der Waals surface area contributed by atoms with Gasteiger partial charge in [0.05, 0.1) is 10.2 Å². The van der Waals surface area contributed by atoms with Crippen molar-refractivity contribution >= 4 is 33.4 Å². The first-order chi connectivity index (χ1) is 8.06. The molecule has 4 nitrogen and oxygen atoms in total. The first-order valence-corrected chi connectivity index (χ1v) is 5.67. The van der Waals surface area contributed by atoms with Crippen molar-refractivity contribution in [3.05, 3.63) is 40.2 Å². The summed E-state index contributed by atoms with van der Waals surface area (Å²) in [7, 11) is 0. The maximum Gasteiger partial charge on any atom is 0.222 e. The van der Waals surface area contributed by atoms with Crippen molar-refractivity contribution in [3.63, 3.8) is 0 Å². The van der Waals surface area contributed by atoms with Crippen LogP contribution in [0.3, 0.4) is 0 Å². The molecule has 0 saturated carbocycles. The van der Waals surface area contributed by atoms with Gasteiger partial charge in [0.15, 0.2) is 0 Å². The molecule has 2 aromatic rings. The normalized spacial score (nSPS) is 10.3. The van der Waals surface area contributed by atoms with E-state index in [-0.39, 0.29) is 11.8 Å². The average molecular weight is 297 g/mol. The monoisotopic (exact) mass is 296 g/mol. The number of aromatic nitrogens is 2. The van der Waals surface area contributed by atoms with Gasteiger partial charge in [0, 0.05) is 6.20 Å². The van der Waals surface area contributed by atoms with E-state index in [0.29, 0.717) is 16.0 Å². The zero-order valence-electron chi connectivity index (χ0n) is 9.04. The van der Waals surface area contributed by atoms with Gasteiger partial charge in [-0.3, -0.25) is 0 Å². The number of benzene rings is 1. The Balaban J connectivity index is 2.37. The van der Waals surface area contributed by atoms with Crippen LogP contribution < -0.4 is 11.1 Å². The lowest BCUT2D eigenvalue weighted by atomic mass is 10.2. The highest BCUT2D eigenvalue weighted by atomic mass is 79.9. The maximum absolute atomic E-state index is 13.5. The summed E-state index contributed by atoms with van der Waals surface area (Å²) in [5, 5.41) is 2.87. The number of hydrogen-bond donors (Lipinski definition) is 2. The summed E-state index contributed by atoms with van der Waals surface area (Å²) in [6.07, 6.45) is 1.51. The van der Waals surface area contributed by atoms with Gasteiger partial charge in [-0.05, 0) is 40.5 Å². The Labute approximate surface area is 106 Å². The third kappa shape index (κ3) is 2.71. The summed E-state index contributed by atoms with van der Waals surface area (Å²) in [5.74, 6) is 0.213. The highest BCUT2D eigenvalue weighted by Gasteiger charge is 2.07. The largest absolute Gasteiger partial charge is 0.368 e. The molecule has 2 rings (SSSR count). The minimum Gasteiger partial charge on any atom is -0.368 e. The number of hydrogen-bond acceptors (Lipinski definition) is 4. The molecular formula is C11H10BrFN4. The second-order valence-corrected chi connectivity index (χ2v) is 4.39. The van der Waals surface area contributed by atoms with Crippen LogP contribution in [0.1, 0.15) is 5.56 Å². The number of nitrogen functional groups attached to an aromatic ring is 1. The third-order valence-electron chi connectivity index (χ3n) is 2.14. The van der Waals surface area contributed by atoms with Crippen molar-refractivity contribution in [2.75, 3.05) is 11.1 Å². The molecule has 0 radical (unpaired) electrons. The number of anilines is 3. The molecule has 3 N–H and O–H groups in total. The SMILES string of the molecule is Cc1ccc(F)c(Nc2nc(N)ncc2Br)c1. The predicted molar refractivity (Wildman–Crippen MR) is 68.6 cm³/mol. The first kappa shape index (κ1) is 11.8. The summed E-state index contributed by atoms with van der Waals surface area (Å²) in [4.78, 5) is 7.79. The quantitative estimate of drug-likeness (QED) is 0.894. The van der Waals surface area contributed by atoms with Gasteiger partial charge in [-0.1, -0.05) is 6.07 Å². The van der Waals surface area contributed by atoms with Crippen LogP contribution in [0, 0.1) is 12.7 Å². The molecule has 0 unspecified atom stereocenters. The van der Waals surface area contributed by atoms with E-state index in [1.165, 1.54) is 12.3 Å². The van der Waals surface area contributed by atoms with Gasteiger partial charge in [-0.2, -0.15) is 4.98 Å². The first-order valence-electron chi connectivity index (χ1n) is 4.87. The van der Waals surface area contributed by atoms with E-state index in [4.69, 9.17) is 5.73 Å². The Hall–Kier alpha value is -1.69. The summed E-state index contributed by atoms with van der Waals surface area (Å²) in [6.45, 7) is 1.88. The predicted octanol–water partition coefficient (Wildman–Crippen LogP) is 3.01. The molecule has 1 aromatic heterocycles. The molecule has 1 aromatic carbocycles. The number of nitrogens with zero attached hydrogens (tertiary/aromatic N) is 2. The summed E-state index contributed by atoms with van der Waals surface area (Å²) in [6, 6.07) is 4.79. The molecule has 6 heteroatoms. The molecule has 0 saturated heterocycles. The number of halogens is 2. The molecule has 0 aliphatic carbocycles. The molecular weight excluding hydrogens is 287 g/mol. The van der Waals surface area contributed by atoms with E-state index < -0.39 is 0 Å². The lowest BCUT2D eigenvalue weighted by Crippen LogP contribution is -2.02. The Morgan fingerprint density at radius 2 is 2.18 bits per heavy atom. The molecule has 0 atom stereocenters. The van der Waals surface area contributed by atoms with Crippen molar-refractivity contribution in [1.82, 2.24) is 9.97 Å². The highest BCUT2D eigenvalue weighted by Crippen LogP contribution is 2.25. The Morgan fingerprint density at radius 3 is 2.94 bits per heavy atom. The molecule has 0 aliphatic heterocycles. The summed E-state index contributed by atoms with van der Waals surface area (Å²) < 4.78 is 14.2. The van der Waals surface area contributed by atoms with Gasteiger partial charge in [-0.25, -0.2) is 9.37 Å². The Kier molecular flexibility index (Phi) is 3.23. The zero-order valence-corrected chi connectivity index (χ0v) is 10.6. The smallest absolute Gasteiger partial charge is 0.222 e. The van der Waals surface area contributed by atoms with Gasteiger partial charge in [-0.15, -0.1) is 0 Å². The molecule has 0 fully saturated rings. The molecule has 17 heavy (non-hydrogen) atoms. The molecule has 0 aliphatic rings. The van der Waals surface area contributed by atoms with Crippen LogP contribution >= 0.6 is 15.9 Å². The lowest BCUT2D eigenvalue weighted by molar-refractivity contribution is 0.631. The minimum atomic E-state index is -0.348. The van der Waals surface area contributed by atoms with Crippen molar-refractivity contribution in [3.8, 4) is 0 Å². The molecule has 0 bridgehead atoms. The third-order valence-corrected chi connectivity index (χ3v) is 2.72. The Morgan fingerprint density at radius 1 is 1.41 bits per heavy atom. The van der Waals surface area contributed by atoms with Crippen LogP contribution in [-0.2, 0) is 0 Å². The van der Waals surface area contributed by atoms with Gasteiger partial charge < -0.3 is 11.1 Å². The Bertz CT molecular complexity index is 510. The van der Waals surface area contributed by atoms with Crippen molar-refractivity contribution in [1.29, 1.82) is 0 Å². The fraction of sp³-hybridized carbons (Fsp3) is 0.0909. The van der Waals surface area contributed by atoms with Gasteiger partial charge in [0.1, 0.15) is 11.6 Å². The number of nitrogens with two attached hydrogens (primary N) is 1. The van der Waals surface area contributed by atoms with E-state index in [2.05, 4.69) is 31.2 Å². The number of aryl methyl sites for hydroxylation is 1. The second kappa shape index (κ2) is 4.67. The molecule has 0 spiro atoms. The van der Waals surface area contributed by atoms with E-state index in [1.54, 1.807) is 12.1 Å². The second-order valence-electron chi connectivity index (χ2n) is 3.53. The van der Waals surface area contributed by atoms with E-state index in [1.807, 2.05) is 6.92 Å².